The Hall–Kier alpha value is -2.78. The first-order valence-electron chi connectivity index (χ1n) is 8.90. The number of likely N-dealkylation sites (N-methyl/N-ethyl adjacent to an activating group) is 1. The topological polar surface area (TPSA) is 92.8 Å². The summed E-state index contributed by atoms with van der Waals surface area (Å²) in [5.74, 6) is -2.54. The summed E-state index contributed by atoms with van der Waals surface area (Å²) in [4.78, 5) is 25.5. The monoisotopic (exact) mass is 422 g/mol. The molecule has 0 atom stereocenters. The summed E-state index contributed by atoms with van der Waals surface area (Å²) in [5, 5.41) is 0. The number of carbonyl (C=O) groups is 2. The van der Waals surface area contributed by atoms with Crippen LogP contribution in [0.5, 0.6) is 0 Å². The highest BCUT2D eigenvalue weighted by atomic mass is 32.2. The molecular formula is C20H23FN2O5S. The van der Waals surface area contributed by atoms with Gasteiger partial charge in [-0.1, -0.05) is 31.2 Å². The third-order valence-electron chi connectivity index (χ3n) is 4.34. The van der Waals surface area contributed by atoms with Gasteiger partial charge in [-0.05, 0) is 42.8 Å². The molecule has 29 heavy (non-hydrogen) atoms. The summed E-state index contributed by atoms with van der Waals surface area (Å²) in [5.41, 5.74) is 1.54. The molecule has 0 radical (unpaired) electrons. The van der Waals surface area contributed by atoms with Crippen molar-refractivity contribution in [2.75, 3.05) is 20.7 Å². The Morgan fingerprint density at radius 2 is 1.72 bits per heavy atom. The van der Waals surface area contributed by atoms with Crippen LogP contribution in [0.2, 0.25) is 0 Å². The number of esters is 1. The van der Waals surface area contributed by atoms with Crippen LogP contribution in [-0.2, 0) is 32.5 Å². The average Bonchev–Trinajstić information content (AvgIpc) is 2.72. The minimum atomic E-state index is -3.86. The molecule has 0 unspecified atom stereocenters. The molecule has 156 valence electrons. The second-order valence-corrected chi connectivity index (χ2v) is 8.23. The lowest BCUT2D eigenvalue weighted by atomic mass is 10.1. The van der Waals surface area contributed by atoms with Gasteiger partial charge in [0.15, 0.2) is 6.61 Å². The fourth-order valence-corrected chi connectivity index (χ4v) is 3.26. The first-order valence-corrected chi connectivity index (χ1v) is 10.4. The molecule has 1 N–H and O–H groups in total. The Bertz CT molecular complexity index is 990. The highest BCUT2D eigenvalue weighted by molar-refractivity contribution is 7.89. The molecule has 9 heteroatoms. The van der Waals surface area contributed by atoms with Crippen LogP contribution in [0.4, 0.5) is 4.39 Å². The van der Waals surface area contributed by atoms with E-state index in [4.69, 9.17) is 4.74 Å². The molecule has 0 bridgehead atoms. The highest BCUT2D eigenvalue weighted by Crippen LogP contribution is 2.16. The van der Waals surface area contributed by atoms with Crippen molar-refractivity contribution >= 4 is 21.9 Å². The summed E-state index contributed by atoms with van der Waals surface area (Å²) in [6.45, 7) is 1.78. The Kier molecular flexibility index (Phi) is 7.46. The number of aryl methyl sites for hydroxylation is 1. The first kappa shape index (κ1) is 22.5. The lowest BCUT2D eigenvalue weighted by Gasteiger charge is -2.17. The zero-order valence-corrected chi connectivity index (χ0v) is 17.3. The Morgan fingerprint density at radius 1 is 1.10 bits per heavy atom. The highest BCUT2D eigenvalue weighted by Gasteiger charge is 2.20. The van der Waals surface area contributed by atoms with E-state index in [9.17, 15) is 22.4 Å². The Morgan fingerprint density at radius 3 is 2.31 bits per heavy atom. The van der Waals surface area contributed by atoms with Crippen molar-refractivity contribution in [3.05, 3.63) is 65.0 Å². The van der Waals surface area contributed by atoms with Gasteiger partial charge >= 0.3 is 5.97 Å². The van der Waals surface area contributed by atoms with Gasteiger partial charge in [-0.2, -0.15) is 0 Å². The molecular weight excluding hydrogens is 399 g/mol. The number of carbonyl (C=O) groups excluding carboxylic acids is 2. The number of rotatable bonds is 8. The summed E-state index contributed by atoms with van der Waals surface area (Å²) >= 11 is 0. The fourth-order valence-electron chi connectivity index (χ4n) is 2.50. The fraction of sp³-hybridized carbons (Fsp3) is 0.300. The van der Waals surface area contributed by atoms with Crippen LogP contribution in [-0.4, -0.2) is 45.9 Å². The average molecular weight is 422 g/mol. The zero-order chi connectivity index (χ0) is 21.6. The van der Waals surface area contributed by atoms with Gasteiger partial charge in [-0.25, -0.2) is 22.3 Å². The van der Waals surface area contributed by atoms with Gasteiger partial charge in [0.1, 0.15) is 5.82 Å². The van der Waals surface area contributed by atoms with Gasteiger partial charge in [-0.15, -0.1) is 0 Å². The molecule has 2 rings (SSSR count). The zero-order valence-electron chi connectivity index (χ0n) is 16.4. The van der Waals surface area contributed by atoms with Gasteiger partial charge in [-0.3, -0.25) is 4.79 Å². The number of hydrogen-bond acceptors (Lipinski definition) is 5. The molecule has 2 aromatic rings. The molecule has 0 aliphatic carbocycles. The minimum Gasteiger partial charge on any atom is -0.452 e. The number of amides is 1. The number of nitrogens with one attached hydrogen (secondary N) is 1. The van der Waals surface area contributed by atoms with E-state index in [0.717, 1.165) is 30.2 Å². The van der Waals surface area contributed by atoms with Crippen molar-refractivity contribution in [3.63, 3.8) is 0 Å². The van der Waals surface area contributed by atoms with Crippen molar-refractivity contribution in [1.29, 1.82) is 0 Å². The Balaban J connectivity index is 2.00. The minimum absolute atomic E-state index is 0.285. The van der Waals surface area contributed by atoms with Gasteiger partial charge in [0, 0.05) is 13.6 Å². The lowest BCUT2D eigenvalue weighted by molar-refractivity contribution is -0.133. The summed E-state index contributed by atoms with van der Waals surface area (Å²) in [7, 11) is -1.10. The maximum absolute atomic E-state index is 13.9. The number of benzene rings is 2. The number of ether oxygens (including phenoxy) is 1. The van der Waals surface area contributed by atoms with E-state index < -0.39 is 39.9 Å². The van der Waals surface area contributed by atoms with Crippen LogP contribution in [0.25, 0.3) is 0 Å². The van der Waals surface area contributed by atoms with E-state index in [-0.39, 0.29) is 4.90 Å². The third-order valence-corrected chi connectivity index (χ3v) is 5.75. The van der Waals surface area contributed by atoms with Gasteiger partial charge in [0.25, 0.3) is 5.91 Å². The van der Waals surface area contributed by atoms with Crippen molar-refractivity contribution in [3.8, 4) is 0 Å². The number of halogens is 1. The van der Waals surface area contributed by atoms with Crippen LogP contribution in [0.1, 0.15) is 28.4 Å². The summed E-state index contributed by atoms with van der Waals surface area (Å²) < 4.78 is 44.5. The molecule has 0 aliphatic rings. The van der Waals surface area contributed by atoms with Crippen LogP contribution in [0.15, 0.2) is 47.4 Å². The number of hydrogen-bond donors (Lipinski definition) is 1. The van der Waals surface area contributed by atoms with Gasteiger partial charge < -0.3 is 9.64 Å². The van der Waals surface area contributed by atoms with Crippen molar-refractivity contribution < 1.29 is 27.1 Å². The molecule has 7 nitrogen and oxygen atoms in total. The second-order valence-electron chi connectivity index (χ2n) is 6.35. The van der Waals surface area contributed by atoms with E-state index in [0.29, 0.717) is 6.54 Å². The molecule has 0 fully saturated rings. The molecule has 0 saturated heterocycles. The summed E-state index contributed by atoms with van der Waals surface area (Å²) in [6.07, 6.45) is 0.915. The molecule has 0 spiro atoms. The molecule has 0 aromatic heterocycles. The predicted octanol–water partition coefficient (Wildman–Crippen LogP) is 2.11. The normalized spacial score (nSPS) is 11.2. The van der Waals surface area contributed by atoms with Crippen LogP contribution >= 0.6 is 0 Å². The van der Waals surface area contributed by atoms with E-state index >= 15 is 0 Å². The molecule has 0 heterocycles. The number of sulfonamides is 1. The molecule has 0 aliphatic heterocycles. The largest absolute Gasteiger partial charge is 0.452 e. The lowest BCUT2D eigenvalue weighted by Crippen LogP contribution is -2.31. The SMILES string of the molecule is CCc1ccc(CN(C)C(=O)COC(=O)c2cc(S(=O)(=O)NC)ccc2F)cc1. The Labute approximate surface area is 169 Å². The summed E-state index contributed by atoms with van der Waals surface area (Å²) in [6, 6.07) is 10.5. The number of nitrogens with zero attached hydrogens (tertiary/aromatic N) is 1. The quantitative estimate of drug-likeness (QED) is 0.658. The third kappa shape index (κ3) is 5.85. The van der Waals surface area contributed by atoms with Crippen LogP contribution < -0.4 is 4.72 Å². The van der Waals surface area contributed by atoms with Gasteiger partial charge in [0.2, 0.25) is 10.0 Å². The standard InChI is InChI=1S/C20H23FN2O5S/c1-4-14-5-7-15(8-6-14)12-23(3)19(24)13-28-20(25)17-11-16(9-10-18(17)21)29(26,27)22-2/h5-11,22H,4,12-13H2,1-3H3. The van der Waals surface area contributed by atoms with E-state index in [1.54, 1.807) is 7.05 Å². The van der Waals surface area contributed by atoms with Crippen LogP contribution in [0.3, 0.4) is 0 Å². The second kappa shape index (κ2) is 9.62. The predicted molar refractivity (Wildman–Crippen MR) is 105 cm³/mol. The maximum atomic E-state index is 13.9. The van der Waals surface area contributed by atoms with Crippen molar-refractivity contribution in [2.45, 2.75) is 24.8 Å². The van der Waals surface area contributed by atoms with Crippen molar-refractivity contribution in [1.82, 2.24) is 9.62 Å². The van der Waals surface area contributed by atoms with E-state index in [2.05, 4.69) is 4.72 Å². The van der Waals surface area contributed by atoms with E-state index in [1.165, 1.54) is 17.5 Å². The first-order chi connectivity index (χ1) is 13.7. The smallest absolute Gasteiger partial charge is 0.341 e. The molecule has 2 aromatic carbocycles. The molecule has 0 saturated carbocycles. The van der Waals surface area contributed by atoms with Crippen molar-refractivity contribution in [2.24, 2.45) is 0 Å². The van der Waals surface area contributed by atoms with Crippen LogP contribution in [0, 0.1) is 5.82 Å². The van der Waals surface area contributed by atoms with Gasteiger partial charge in [0.05, 0.1) is 10.5 Å². The molecule has 1 amide bonds. The van der Waals surface area contributed by atoms with E-state index in [1.807, 2.05) is 31.2 Å². The maximum Gasteiger partial charge on any atom is 0.341 e.